The number of carbonyl (C=O) groups is 1. The van der Waals surface area contributed by atoms with Gasteiger partial charge in [0, 0.05) is 21.1 Å². The Balaban J connectivity index is 3.44. The summed E-state index contributed by atoms with van der Waals surface area (Å²) in [5.74, 6) is 0.555. The molecule has 0 aliphatic carbocycles. The van der Waals surface area contributed by atoms with Crippen molar-refractivity contribution in [3.63, 3.8) is 0 Å². The van der Waals surface area contributed by atoms with E-state index in [9.17, 15) is 9.59 Å². The van der Waals surface area contributed by atoms with Gasteiger partial charge in [-0.25, -0.2) is 0 Å². The van der Waals surface area contributed by atoms with Gasteiger partial charge in [0.15, 0.2) is 5.69 Å². The van der Waals surface area contributed by atoms with Crippen LogP contribution >= 0.6 is 0 Å². The first kappa shape index (κ1) is 10.2. The molecule has 6 nitrogen and oxygen atoms in total. The summed E-state index contributed by atoms with van der Waals surface area (Å²) in [6.07, 6.45) is 1.97. The first-order valence-corrected chi connectivity index (χ1v) is 4.03. The van der Waals surface area contributed by atoms with Crippen LogP contribution in [-0.4, -0.2) is 30.1 Å². The molecule has 0 atom stereocenters. The topological polar surface area (TPSA) is 67.2 Å². The molecule has 0 saturated carbocycles. The molecule has 0 aliphatic rings. The van der Waals surface area contributed by atoms with Gasteiger partial charge in [-0.15, -0.1) is 0 Å². The minimum atomic E-state index is -0.429. The fourth-order valence-electron chi connectivity index (χ4n) is 1.19. The highest BCUT2D eigenvalue weighted by Crippen LogP contribution is 2.16. The minimum Gasteiger partial charge on any atom is -0.373 e. The van der Waals surface area contributed by atoms with Crippen LogP contribution in [0.4, 0.5) is 11.5 Å². The van der Waals surface area contributed by atoms with E-state index in [0.29, 0.717) is 12.2 Å². The van der Waals surface area contributed by atoms with Gasteiger partial charge in [0.1, 0.15) is 12.1 Å². The van der Waals surface area contributed by atoms with E-state index in [1.165, 1.54) is 18.3 Å². The van der Waals surface area contributed by atoms with Crippen LogP contribution in [0.5, 0.6) is 0 Å². The molecule has 14 heavy (non-hydrogen) atoms. The van der Waals surface area contributed by atoms with E-state index in [1.54, 1.807) is 18.7 Å². The van der Waals surface area contributed by atoms with E-state index in [-0.39, 0.29) is 5.69 Å². The number of nitrogens with one attached hydrogen (secondary N) is 1. The molecule has 0 spiro atoms. The molecule has 0 fully saturated rings. The minimum absolute atomic E-state index is 0.243. The van der Waals surface area contributed by atoms with Crippen LogP contribution in [0, 0.1) is 0 Å². The van der Waals surface area contributed by atoms with Crippen LogP contribution in [0.25, 0.3) is 0 Å². The fraction of sp³-hybridized carbons (Fsp3) is 0.375. The number of aromatic nitrogens is 2. The normalized spacial score (nSPS) is 9.64. The summed E-state index contributed by atoms with van der Waals surface area (Å²) < 4.78 is 1.64. The van der Waals surface area contributed by atoms with E-state index >= 15 is 0 Å². The number of anilines is 2. The Kier molecular flexibility index (Phi) is 2.85. The number of hydrogen-bond acceptors (Lipinski definition) is 4. The first-order chi connectivity index (χ1) is 6.61. The Hall–Kier alpha value is -1.85. The summed E-state index contributed by atoms with van der Waals surface area (Å²) in [7, 11) is 4.92. The lowest BCUT2D eigenvalue weighted by Gasteiger charge is -2.16. The molecule has 0 bridgehead atoms. The molecule has 1 amide bonds. The molecule has 0 aliphatic heterocycles. The quantitative estimate of drug-likeness (QED) is 0.656. The van der Waals surface area contributed by atoms with Gasteiger partial charge in [0.25, 0.3) is 5.56 Å². The zero-order valence-electron chi connectivity index (χ0n) is 8.31. The summed E-state index contributed by atoms with van der Waals surface area (Å²) in [6, 6.07) is 0. The lowest BCUT2D eigenvalue weighted by Crippen LogP contribution is -2.27. The van der Waals surface area contributed by atoms with Crippen LogP contribution < -0.4 is 15.8 Å². The van der Waals surface area contributed by atoms with Crippen molar-refractivity contribution in [1.29, 1.82) is 0 Å². The summed E-state index contributed by atoms with van der Waals surface area (Å²) in [5.41, 5.74) is -0.186. The maximum absolute atomic E-state index is 11.4. The number of amides is 1. The molecular weight excluding hydrogens is 184 g/mol. The van der Waals surface area contributed by atoms with Crippen molar-refractivity contribution in [3.8, 4) is 0 Å². The maximum atomic E-state index is 11.4. The molecule has 1 aromatic rings. The van der Waals surface area contributed by atoms with Crippen molar-refractivity contribution >= 4 is 17.9 Å². The molecule has 0 radical (unpaired) electrons. The van der Waals surface area contributed by atoms with Crippen molar-refractivity contribution in [2.45, 2.75) is 0 Å². The molecule has 6 heteroatoms. The Morgan fingerprint density at radius 2 is 2.29 bits per heavy atom. The molecule has 0 aromatic carbocycles. The summed E-state index contributed by atoms with van der Waals surface area (Å²) >= 11 is 0. The van der Waals surface area contributed by atoms with Gasteiger partial charge in [-0.2, -0.15) is 4.98 Å². The van der Waals surface area contributed by atoms with Crippen molar-refractivity contribution < 1.29 is 4.79 Å². The summed E-state index contributed by atoms with van der Waals surface area (Å²) in [6.45, 7) is 0. The summed E-state index contributed by atoms with van der Waals surface area (Å²) in [5, 5.41) is 2.84. The highest BCUT2D eigenvalue weighted by atomic mass is 16.1. The first-order valence-electron chi connectivity index (χ1n) is 4.03. The predicted molar refractivity (Wildman–Crippen MR) is 53.5 cm³/mol. The molecule has 1 N–H and O–H groups in total. The van der Waals surface area contributed by atoms with Gasteiger partial charge in [0.2, 0.25) is 6.41 Å². The highest BCUT2D eigenvalue weighted by Gasteiger charge is 2.12. The zero-order chi connectivity index (χ0) is 10.7. The third-order valence-electron chi connectivity index (χ3n) is 1.88. The molecule has 0 saturated heterocycles. The van der Waals surface area contributed by atoms with Gasteiger partial charge in [-0.05, 0) is 0 Å². The molecule has 1 heterocycles. The molecule has 1 aromatic heterocycles. The van der Waals surface area contributed by atoms with Crippen LogP contribution in [0.2, 0.25) is 0 Å². The number of carbonyl (C=O) groups excluding carboxylic acids is 1. The second kappa shape index (κ2) is 3.91. The van der Waals surface area contributed by atoms with Crippen LogP contribution in [-0.2, 0) is 11.8 Å². The Labute approximate surface area is 81.2 Å². The number of hydrogen-bond donors (Lipinski definition) is 1. The lowest BCUT2D eigenvalue weighted by molar-refractivity contribution is -0.107. The largest absolute Gasteiger partial charge is 0.373 e. The molecule has 76 valence electrons. The lowest BCUT2D eigenvalue weighted by atomic mass is 10.4. The monoisotopic (exact) mass is 196 g/mol. The Morgan fingerprint density at radius 1 is 1.64 bits per heavy atom. The van der Waals surface area contributed by atoms with E-state index in [1.807, 2.05) is 0 Å². The van der Waals surface area contributed by atoms with Crippen molar-refractivity contribution in [2.75, 3.05) is 24.3 Å². The molecular formula is C8H12N4O2. The molecule has 0 unspecified atom stereocenters. The van der Waals surface area contributed by atoms with E-state index in [4.69, 9.17) is 0 Å². The Bertz CT molecular complexity index is 399. The van der Waals surface area contributed by atoms with Gasteiger partial charge < -0.3 is 14.8 Å². The van der Waals surface area contributed by atoms with Crippen LogP contribution in [0.15, 0.2) is 11.1 Å². The van der Waals surface area contributed by atoms with Crippen LogP contribution in [0.3, 0.4) is 0 Å². The van der Waals surface area contributed by atoms with E-state index in [2.05, 4.69) is 10.3 Å². The van der Waals surface area contributed by atoms with Gasteiger partial charge in [0.05, 0.1) is 0 Å². The second-order valence-electron chi connectivity index (χ2n) is 2.82. The fourth-order valence-corrected chi connectivity index (χ4v) is 1.19. The number of rotatable bonds is 3. The van der Waals surface area contributed by atoms with Gasteiger partial charge in [-0.1, -0.05) is 0 Å². The SMILES string of the molecule is CNc1c(N(C)C=O)c(=O)ncn1C. The second-order valence-corrected chi connectivity index (χ2v) is 2.82. The van der Waals surface area contributed by atoms with Crippen molar-refractivity contribution in [1.82, 2.24) is 9.55 Å². The zero-order valence-corrected chi connectivity index (χ0v) is 8.31. The number of aryl methyl sites for hydroxylation is 1. The van der Waals surface area contributed by atoms with E-state index in [0.717, 1.165) is 0 Å². The average molecular weight is 196 g/mol. The van der Waals surface area contributed by atoms with Crippen LogP contribution in [0.1, 0.15) is 0 Å². The number of nitrogens with zero attached hydrogens (tertiary/aromatic N) is 3. The third kappa shape index (κ3) is 1.59. The highest BCUT2D eigenvalue weighted by molar-refractivity contribution is 5.80. The van der Waals surface area contributed by atoms with Crippen molar-refractivity contribution in [3.05, 3.63) is 16.7 Å². The standard InChI is InChI=1S/C8H12N4O2/c1-9-7-6(12(3)5-13)8(14)10-4-11(7)2/h4-5,9H,1-3H3. The van der Waals surface area contributed by atoms with Gasteiger partial charge in [-0.3, -0.25) is 9.59 Å². The van der Waals surface area contributed by atoms with Gasteiger partial charge >= 0.3 is 0 Å². The van der Waals surface area contributed by atoms with E-state index < -0.39 is 5.56 Å². The smallest absolute Gasteiger partial charge is 0.298 e. The third-order valence-corrected chi connectivity index (χ3v) is 1.88. The Morgan fingerprint density at radius 3 is 2.79 bits per heavy atom. The maximum Gasteiger partial charge on any atom is 0.298 e. The van der Waals surface area contributed by atoms with Crippen molar-refractivity contribution in [2.24, 2.45) is 7.05 Å². The molecule has 1 rings (SSSR count). The summed E-state index contributed by atoms with van der Waals surface area (Å²) in [4.78, 5) is 26.8. The average Bonchev–Trinajstić information content (AvgIpc) is 2.19. The predicted octanol–water partition coefficient (Wildman–Crippen LogP) is -0.585.